The summed E-state index contributed by atoms with van der Waals surface area (Å²) < 4.78 is 0. The highest BCUT2D eigenvalue weighted by molar-refractivity contribution is 5.36. The quantitative estimate of drug-likeness (QED) is 0.657. The normalized spacial score (nSPS) is 11.1. The number of hydrogen-bond acceptors (Lipinski definition) is 4. The molecule has 0 spiro atoms. The maximum Gasteiger partial charge on any atom is 0.120 e. The van der Waals surface area contributed by atoms with E-state index in [1.165, 1.54) is 5.56 Å². The lowest BCUT2D eigenvalue weighted by atomic mass is 10.1. The van der Waals surface area contributed by atoms with Crippen LogP contribution in [0.15, 0.2) is 18.2 Å². The van der Waals surface area contributed by atoms with E-state index in [0.29, 0.717) is 19.6 Å². The van der Waals surface area contributed by atoms with Gasteiger partial charge in [0.25, 0.3) is 0 Å². The maximum atomic E-state index is 9.76. The van der Waals surface area contributed by atoms with E-state index in [1.807, 2.05) is 17.0 Å². The molecule has 3 N–H and O–H groups in total. The summed E-state index contributed by atoms with van der Waals surface area (Å²) in [6.07, 6.45) is 0.924. The number of aliphatic hydroxyl groups is 2. The Hall–Kier alpha value is -1.10. The molecule has 0 heterocycles. The van der Waals surface area contributed by atoms with Crippen molar-refractivity contribution in [2.24, 2.45) is 0 Å². The number of benzene rings is 1. The lowest BCUT2D eigenvalue weighted by Crippen LogP contribution is -2.29. The van der Waals surface area contributed by atoms with Gasteiger partial charge in [0.2, 0.25) is 0 Å². The van der Waals surface area contributed by atoms with E-state index in [4.69, 9.17) is 10.2 Å². The molecule has 1 aromatic carbocycles. The Balaban J connectivity index is 2.76. The SMILES string of the molecule is CCc1ccc(O)c(CN(CCO)CCO)c1. The van der Waals surface area contributed by atoms with E-state index in [-0.39, 0.29) is 19.0 Å². The van der Waals surface area contributed by atoms with Crippen LogP contribution in [0, 0.1) is 0 Å². The second kappa shape index (κ2) is 7.27. The molecule has 0 radical (unpaired) electrons. The standard InChI is InChI=1S/C13H21NO3/c1-2-11-3-4-13(17)12(9-11)10-14(5-7-15)6-8-16/h3-4,9,15-17H,2,5-8,10H2,1H3. The molecule has 1 rings (SSSR count). The minimum atomic E-state index is 0.0498. The van der Waals surface area contributed by atoms with E-state index in [9.17, 15) is 5.11 Å². The van der Waals surface area contributed by atoms with Crippen molar-refractivity contribution in [1.82, 2.24) is 4.90 Å². The third-order valence-corrected chi connectivity index (χ3v) is 2.78. The summed E-state index contributed by atoms with van der Waals surface area (Å²) in [4.78, 5) is 1.91. The monoisotopic (exact) mass is 239 g/mol. The number of nitrogens with zero attached hydrogens (tertiary/aromatic N) is 1. The van der Waals surface area contributed by atoms with Gasteiger partial charge in [-0.2, -0.15) is 0 Å². The molecule has 0 aromatic heterocycles. The number of phenolic OH excluding ortho intramolecular Hbond substituents is 1. The van der Waals surface area contributed by atoms with E-state index in [0.717, 1.165) is 12.0 Å². The average molecular weight is 239 g/mol. The molecule has 0 aliphatic rings. The Bertz CT molecular complexity index is 335. The fourth-order valence-corrected chi connectivity index (χ4v) is 1.78. The first-order chi connectivity index (χ1) is 8.21. The van der Waals surface area contributed by atoms with E-state index < -0.39 is 0 Å². The molecule has 0 amide bonds. The van der Waals surface area contributed by atoms with Crippen LogP contribution in [0.4, 0.5) is 0 Å². The van der Waals surface area contributed by atoms with Crippen LogP contribution in [0.5, 0.6) is 5.75 Å². The Morgan fingerprint density at radius 1 is 1.12 bits per heavy atom. The summed E-state index contributed by atoms with van der Waals surface area (Å²) in [7, 11) is 0. The number of aromatic hydroxyl groups is 1. The largest absolute Gasteiger partial charge is 0.508 e. The molecule has 1 aromatic rings. The fraction of sp³-hybridized carbons (Fsp3) is 0.538. The van der Waals surface area contributed by atoms with Crippen molar-refractivity contribution in [1.29, 1.82) is 0 Å². The summed E-state index contributed by atoms with van der Waals surface area (Å²) in [6, 6.07) is 5.57. The van der Waals surface area contributed by atoms with E-state index in [2.05, 4.69) is 6.92 Å². The number of rotatable bonds is 7. The molecule has 0 aliphatic carbocycles. The summed E-state index contributed by atoms with van der Waals surface area (Å²) in [5.74, 6) is 0.267. The van der Waals surface area contributed by atoms with Crippen molar-refractivity contribution in [3.05, 3.63) is 29.3 Å². The number of hydrogen-bond donors (Lipinski definition) is 3. The zero-order valence-corrected chi connectivity index (χ0v) is 10.3. The molecule has 0 saturated carbocycles. The van der Waals surface area contributed by atoms with Crippen molar-refractivity contribution in [3.8, 4) is 5.75 Å². The van der Waals surface area contributed by atoms with Gasteiger partial charge in [-0.1, -0.05) is 19.1 Å². The van der Waals surface area contributed by atoms with Gasteiger partial charge in [0.15, 0.2) is 0 Å². The minimum absolute atomic E-state index is 0.0498. The van der Waals surface area contributed by atoms with E-state index >= 15 is 0 Å². The maximum absolute atomic E-state index is 9.76. The van der Waals surface area contributed by atoms with Crippen molar-refractivity contribution in [2.75, 3.05) is 26.3 Å². The van der Waals surface area contributed by atoms with Crippen LogP contribution in [-0.4, -0.2) is 46.5 Å². The molecule has 4 heteroatoms. The van der Waals surface area contributed by atoms with Crippen LogP contribution >= 0.6 is 0 Å². The highest BCUT2D eigenvalue weighted by atomic mass is 16.3. The molecule has 96 valence electrons. The van der Waals surface area contributed by atoms with Crippen molar-refractivity contribution in [3.63, 3.8) is 0 Å². The van der Waals surface area contributed by atoms with Gasteiger partial charge in [0, 0.05) is 25.2 Å². The van der Waals surface area contributed by atoms with Gasteiger partial charge >= 0.3 is 0 Å². The molecular formula is C13H21NO3. The van der Waals surface area contributed by atoms with Crippen LogP contribution in [0.1, 0.15) is 18.1 Å². The molecule has 0 fully saturated rings. The van der Waals surface area contributed by atoms with Gasteiger partial charge in [-0.25, -0.2) is 0 Å². The Labute approximate surface area is 102 Å². The van der Waals surface area contributed by atoms with Crippen molar-refractivity contribution in [2.45, 2.75) is 19.9 Å². The highest BCUT2D eigenvalue weighted by Crippen LogP contribution is 2.20. The topological polar surface area (TPSA) is 63.9 Å². The molecule has 4 nitrogen and oxygen atoms in total. The summed E-state index contributed by atoms with van der Waals surface area (Å²) >= 11 is 0. The first-order valence-corrected chi connectivity index (χ1v) is 5.96. The van der Waals surface area contributed by atoms with Gasteiger partial charge in [0.05, 0.1) is 13.2 Å². The zero-order chi connectivity index (χ0) is 12.7. The van der Waals surface area contributed by atoms with Crippen LogP contribution in [0.2, 0.25) is 0 Å². The zero-order valence-electron chi connectivity index (χ0n) is 10.3. The molecule has 17 heavy (non-hydrogen) atoms. The Morgan fingerprint density at radius 2 is 1.76 bits per heavy atom. The molecule has 0 aliphatic heterocycles. The van der Waals surface area contributed by atoms with Crippen LogP contribution in [0.3, 0.4) is 0 Å². The van der Waals surface area contributed by atoms with Crippen LogP contribution < -0.4 is 0 Å². The minimum Gasteiger partial charge on any atom is -0.508 e. The Kier molecular flexibility index (Phi) is 5.97. The van der Waals surface area contributed by atoms with Gasteiger partial charge in [-0.15, -0.1) is 0 Å². The third-order valence-electron chi connectivity index (χ3n) is 2.78. The van der Waals surface area contributed by atoms with Gasteiger partial charge < -0.3 is 15.3 Å². The summed E-state index contributed by atoms with van der Waals surface area (Å²) in [6.45, 7) is 3.70. The van der Waals surface area contributed by atoms with Gasteiger partial charge in [-0.3, -0.25) is 4.90 Å². The van der Waals surface area contributed by atoms with Crippen molar-refractivity contribution >= 4 is 0 Å². The molecule has 0 unspecified atom stereocenters. The van der Waals surface area contributed by atoms with Gasteiger partial charge in [0.1, 0.15) is 5.75 Å². The highest BCUT2D eigenvalue weighted by Gasteiger charge is 2.08. The second-order valence-corrected chi connectivity index (χ2v) is 4.04. The smallest absolute Gasteiger partial charge is 0.120 e. The number of aliphatic hydroxyl groups excluding tert-OH is 2. The van der Waals surface area contributed by atoms with E-state index in [1.54, 1.807) is 6.07 Å². The number of aryl methyl sites for hydroxylation is 1. The molecular weight excluding hydrogens is 218 g/mol. The lowest BCUT2D eigenvalue weighted by molar-refractivity contribution is 0.155. The molecule has 0 bridgehead atoms. The van der Waals surface area contributed by atoms with Crippen LogP contribution in [-0.2, 0) is 13.0 Å². The summed E-state index contributed by atoms with van der Waals surface area (Å²) in [5.41, 5.74) is 2.01. The van der Waals surface area contributed by atoms with Crippen LogP contribution in [0.25, 0.3) is 0 Å². The second-order valence-electron chi connectivity index (χ2n) is 4.04. The Morgan fingerprint density at radius 3 is 2.29 bits per heavy atom. The molecule has 0 atom stereocenters. The first kappa shape index (κ1) is 14.0. The average Bonchev–Trinajstić information content (AvgIpc) is 2.32. The fourth-order valence-electron chi connectivity index (χ4n) is 1.78. The van der Waals surface area contributed by atoms with Crippen molar-refractivity contribution < 1.29 is 15.3 Å². The first-order valence-electron chi connectivity index (χ1n) is 5.96. The van der Waals surface area contributed by atoms with Gasteiger partial charge in [-0.05, 0) is 18.1 Å². The predicted octanol–water partition coefficient (Wildman–Crippen LogP) is 0.741. The lowest BCUT2D eigenvalue weighted by Gasteiger charge is -2.21. The summed E-state index contributed by atoms with van der Waals surface area (Å²) in [5, 5.41) is 27.6. The third kappa shape index (κ3) is 4.34. The predicted molar refractivity (Wildman–Crippen MR) is 66.9 cm³/mol. The number of phenols is 1. The molecule has 0 saturated heterocycles.